The SMILES string of the molecule is Cc1ccc(N(C)S(=O)(=O)N2CC2)o1. The van der Waals surface area contributed by atoms with Crippen molar-refractivity contribution < 1.29 is 12.8 Å². The normalized spacial score (nSPS) is 17.0. The lowest BCUT2D eigenvalue weighted by Crippen LogP contribution is -2.31. The van der Waals surface area contributed by atoms with Gasteiger partial charge in [-0.05, 0) is 13.0 Å². The van der Waals surface area contributed by atoms with Crippen molar-refractivity contribution in [3.8, 4) is 0 Å². The monoisotopic (exact) mass is 216 g/mol. The van der Waals surface area contributed by atoms with Gasteiger partial charge in [-0.25, -0.2) is 4.31 Å². The minimum Gasteiger partial charge on any atom is -0.445 e. The van der Waals surface area contributed by atoms with Crippen molar-refractivity contribution in [2.75, 3.05) is 24.4 Å². The summed E-state index contributed by atoms with van der Waals surface area (Å²) in [6.07, 6.45) is 0. The average molecular weight is 216 g/mol. The van der Waals surface area contributed by atoms with Gasteiger partial charge in [0.2, 0.25) is 5.88 Å². The fourth-order valence-electron chi connectivity index (χ4n) is 1.15. The molecule has 6 heteroatoms. The van der Waals surface area contributed by atoms with Crippen molar-refractivity contribution in [1.29, 1.82) is 0 Å². The molecule has 14 heavy (non-hydrogen) atoms. The summed E-state index contributed by atoms with van der Waals surface area (Å²) < 4.78 is 31.2. The van der Waals surface area contributed by atoms with E-state index in [2.05, 4.69) is 0 Å². The zero-order chi connectivity index (χ0) is 10.3. The Kier molecular flexibility index (Phi) is 2.04. The number of hydrogen-bond acceptors (Lipinski definition) is 3. The highest BCUT2D eigenvalue weighted by Crippen LogP contribution is 2.23. The standard InChI is InChI=1S/C8H12N2O3S/c1-7-3-4-8(13-7)9(2)14(11,12)10-5-6-10/h3-4H,5-6H2,1-2H3. The lowest BCUT2D eigenvalue weighted by molar-refractivity contribution is 0.525. The Morgan fingerprint density at radius 3 is 2.50 bits per heavy atom. The molecule has 0 bridgehead atoms. The van der Waals surface area contributed by atoms with Crippen molar-refractivity contribution in [2.24, 2.45) is 0 Å². The van der Waals surface area contributed by atoms with Crippen molar-refractivity contribution in [3.63, 3.8) is 0 Å². The fourth-order valence-corrected chi connectivity index (χ4v) is 2.36. The number of nitrogens with zero attached hydrogens (tertiary/aromatic N) is 2. The van der Waals surface area contributed by atoms with E-state index in [0.717, 1.165) is 4.31 Å². The smallest absolute Gasteiger partial charge is 0.306 e. The summed E-state index contributed by atoms with van der Waals surface area (Å²) in [6, 6.07) is 3.39. The molecule has 2 heterocycles. The molecule has 0 amide bonds. The molecule has 2 rings (SSSR count). The van der Waals surface area contributed by atoms with E-state index in [-0.39, 0.29) is 0 Å². The molecule has 0 unspecified atom stereocenters. The Bertz CT molecular complexity index is 433. The largest absolute Gasteiger partial charge is 0.445 e. The number of aryl methyl sites for hydroxylation is 1. The predicted octanol–water partition coefficient (Wildman–Crippen LogP) is 0.585. The van der Waals surface area contributed by atoms with Crippen molar-refractivity contribution in [3.05, 3.63) is 17.9 Å². The van der Waals surface area contributed by atoms with Gasteiger partial charge in [0.05, 0.1) is 0 Å². The maximum atomic E-state index is 11.7. The minimum atomic E-state index is -3.33. The summed E-state index contributed by atoms with van der Waals surface area (Å²) in [5.74, 6) is 1.06. The molecule has 0 atom stereocenters. The molecule has 1 saturated heterocycles. The zero-order valence-corrected chi connectivity index (χ0v) is 8.91. The molecule has 78 valence electrons. The summed E-state index contributed by atoms with van der Waals surface area (Å²) >= 11 is 0. The molecule has 1 fully saturated rings. The molecule has 0 N–H and O–H groups in total. The molecule has 1 aliphatic heterocycles. The van der Waals surface area contributed by atoms with Crippen LogP contribution in [0.15, 0.2) is 16.5 Å². The third-order valence-electron chi connectivity index (χ3n) is 2.12. The van der Waals surface area contributed by atoms with Gasteiger partial charge in [-0.15, -0.1) is 0 Å². The Labute approximate surface area is 83.1 Å². The summed E-state index contributed by atoms with van der Waals surface area (Å²) in [7, 11) is -1.84. The Morgan fingerprint density at radius 2 is 2.07 bits per heavy atom. The Balaban J connectivity index is 2.27. The topological polar surface area (TPSA) is 53.5 Å². The van der Waals surface area contributed by atoms with Crippen molar-refractivity contribution in [2.45, 2.75) is 6.92 Å². The van der Waals surface area contributed by atoms with E-state index >= 15 is 0 Å². The van der Waals surface area contributed by atoms with Crippen LogP contribution in [0.4, 0.5) is 5.88 Å². The number of rotatable bonds is 3. The molecule has 0 aromatic carbocycles. The molecule has 0 spiro atoms. The van der Waals surface area contributed by atoms with E-state index in [1.807, 2.05) is 0 Å². The second kappa shape index (κ2) is 2.99. The first-order valence-corrected chi connectivity index (χ1v) is 5.72. The van der Waals surface area contributed by atoms with Gasteiger partial charge in [0, 0.05) is 26.2 Å². The minimum absolute atomic E-state index is 0.356. The predicted molar refractivity (Wildman–Crippen MR) is 52.3 cm³/mol. The van der Waals surface area contributed by atoms with Crippen molar-refractivity contribution in [1.82, 2.24) is 4.31 Å². The molecular weight excluding hydrogens is 204 g/mol. The maximum absolute atomic E-state index is 11.7. The molecule has 1 aromatic heterocycles. The molecule has 0 saturated carbocycles. The number of hydrogen-bond donors (Lipinski definition) is 0. The first kappa shape index (κ1) is 9.54. The first-order valence-electron chi connectivity index (χ1n) is 4.32. The summed E-state index contributed by atoms with van der Waals surface area (Å²) in [5, 5.41) is 0. The van der Waals surface area contributed by atoms with Crippen LogP contribution < -0.4 is 4.31 Å². The second-order valence-corrected chi connectivity index (χ2v) is 5.22. The molecular formula is C8H12N2O3S. The van der Waals surface area contributed by atoms with E-state index < -0.39 is 10.2 Å². The van der Waals surface area contributed by atoms with Crippen LogP contribution in [0.1, 0.15) is 5.76 Å². The quantitative estimate of drug-likeness (QED) is 0.695. The van der Waals surface area contributed by atoms with Crippen LogP contribution in [0.25, 0.3) is 0 Å². The molecule has 1 aromatic rings. The number of furan rings is 1. The van der Waals surface area contributed by atoms with Crippen LogP contribution in [-0.4, -0.2) is 32.9 Å². The van der Waals surface area contributed by atoms with Gasteiger partial charge < -0.3 is 4.42 Å². The van der Waals surface area contributed by atoms with Crippen LogP contribution in [0.2, 0.25) is 0 Å². The molecule has 5 nitrogen and oxygen atoms in total. The van der Waals surface area contributed by atoms with Crippen LogP contribution in [0, 0.1) is 6.92 Å². The average Bonchev–Trinajstić information content (AvgIpc) is 2.89. The van der Waals surface area contributed by atoms with Crippen LogP contribution in [0.5, 0.6) is 0 Å². The Morgan fingerprint density at radius 1 is 1.43 bits per heavy atom. The third kappa shape index (κ3) is 1.51. The molecule has 0 aliphatic carbocycles. The van der Waals surface area contributed by atoms with E-state index in [4.69, 9.17) is 4.42 Å². The first-order chi connectivity index (χ1) is 6.51. The van der Waals surface area contributed by atoms with E-state index in [0.29, 0.717) is 24.7 Å². The molecule has 1 aliphatic rings. The Hall–Kier alpha value is -1.01. The summed E-state index contributed by atoms with van der Waals surface area (Å²) in [6.45, 7) is 2.99. The van der Waals surface area contributed by atoms with Gasteiger partial charge in [0.15, 0.2) is 0 Å². The zero-order valence-electron chi connectivity index (χ0n) is 8.10. The number of anilines is 1. The van der Waals surface area contributed by atoms with E-state index in [1.54, 1.807) is 19.1 Å². The van der Waals surface area contributed by atoms with Gasteiger partial charge in [0.1, 0.15) is 5.76 Å². The summed E-state index contributed by atoms with van der Waals surface area (Å²) in [5.41, 5.74) is 0. The van der Waals surface area contributed by atoms with Gasteiger partial charge in [-0.2, -0.15) is 12.7 Å². The van der Waals surface area contributed by atoms with Gasteiger partial charge in [-0.1, -0.05) is 0 Å². The van der Waals surface area contributed by atoms with Crippen molar-refractivity contribution >= 4 is 16.1 Å². The summed E-state index contributed by atoms with van der Waals surface area (Å²) in [4.78, 5) is 0. The second-order valence-electron chi connectivity index (χ2n) is 3.26. The maximum Gasteiger partial charge on any atom is 0.306 e. The van der Waals surface area contributed by atoms with Crippen LogP contribution in [-0.2, 0) is 10.2 Å². The fraction of sp³-hybridized carbons (Fsp3) is 0.500. The highest BCUT2D eigenvalue weighted by Gasteiger charge is 2.36. The van der Waals surface area contributed by atoms with E-state index in [9.17, 15) is 8.42 Å². The lowest BCUT2D eigenvalue weighted by Gasteiger charge is -2.16. The van der Waals surface area contributed by atoms with Gasteiger partial charge >= 0.3 is 10.2 Å². The van der Waals surface area contributed by atoms with Gasteiger partial charge in [0.25, 0.3) is 0 Å². The van der Waals surface area contributed by atoms with Gasteiger partial charge in [-0.3, -0.25) is 0 Å². The lowest BCUT2D eigenvalue weighted by atomic mass is 10.5. The van der Waals surface area contributed by atoms with Crippen LogP contribution >= 0.6 is 0 Å². The third-order valence-corrected chi connectivity index (χ3v) is 4.00. The highest BCUT2D eigenvalue weighted by molar-refractivity contribution is 7.90. The van der Waals surface area contributed by atoms with E-state index in [1.165, 1.54) is 11.4 Å². The highest BCUT2D eigenvalue weighted by atomic mass is 32.2. The molecule has 0 radical (unpaired) electrons. The van der Waals surface area contributed by atoms with Crippen LogP contribution in [0.3, 0.4) is 0 Å².